The molecule has 2 N–H and O–H groups in total. The van der Waals surface area contributed by atoms with Gasteiger partial charge in [0.15, 0.2) is 5.96 Å². The van der Waals surface area contributed by atoms with Crippen LogP contribution in [0.4, 0.5) is 0 Å². The van der Waals surface area contributed by atoms with Gasteiger partial charge in [-0.3, -0.25) is 0 Å². The van der Waals surface area contributed by atoms with Gasteiger partial charge in [0.1, 0.15) is 5.75 Å². The topological polar surface area (TPSA) is 58.5 Å². The zero-order valence-electron chi connectivity index (χ0n) is 15.8. The third-order valence-corrected chi connectivity index (χ3v) is 4.97. The summed E-state index contributed by atoms with van der Waals surface area (Å²) in [6, 6.07) is 6.20. The van der Waals surface area contributed by atoms with Gasteiger partial charge in [-0.15, -0.1) is 11.3 Å². The van der Waals surface area contributed by atoms with Gasteiger partial charge in [0.05, 0.1) is 24.4 Å². The third kappa shape index (κ3) is 5.74. The fraction of sp³-hybridized carbons (Fsp3) is 0.474. The summed E-state index contributed by atoms with van der Waals surface area (Å²) >= 11 is 1.77. The molecule has 0 unspecified atom stereocenters. The predicted octanol–water partition coefficient (Wildman–Crippen LogP) is 3.37. The highest BCUT2D eigenvalue weighted by atomic mass is 32.1. The second-order valence-electron chi connectivity index (χ2n) is 5.93. The Morgan fingerprint density at radius 1 is 1.24 bits per heavy atom. The monoisotopic (exact) mass is 360 g/mol. The number of hydrogen-bond acceptors (Lipinski definition) is 4. The van der Waals surface area contributed by atoms with Gasteiger partial charge in [0.25, 0.3) is 0 Å². The fourth-order valence-electron chi connectivity index (χ4n) is 2.59. The summed E-state index contributed by atoms with van der Waals surface area (Å²) in [4.78, 5) is 10.5. The van der Waals surface area contributed by atoms with E-state index in [0.717, 1.165) is 47.5 Å². The molecule has 0 amide bonds. The molecule has 0 fully saturated rings. The highest BCUT2D eigenvalue weighted by Gasteiger charge is 2.06. The number of methoxy groups -OCH3 is 1. The van der Waals surface area contributed by atoms with E-state index in [1.54, 1.807) is 18.4 Å². The molecule has 5 nitrogen and oxygen atoms in total. The van der Waals surface area contributed by atoms with Gasteiger partial charge in [-0.25, -0.2) is 9.98 Å². The van der Waals surface area contributed by atoms with Crippen molar-refractivity contribution in [1.29, 1.82) is 0 Å². The molecule has 6 heteroatoms. The molecule has 2 aromatic rings. The number of guanidine groups is 1. The molecule has 2 rings (SSSR count). The van der Waals surface area contributed by atoms with Gasteiger partial charge in [-0.2, -0.15) is 0 Å². The fourth-order valence-corrected chi connectivity index (χ4v) is 3.52. The first kappa shape index (κ1) is 19.2. The molecule has 0 saturated carbocycles. The molecular weight excluding hydrogens is 332 g/mol. The molecule has 0 bridgehead atoms. The minimum atomic E-state index is 0.581. The molecular formula is C19H28N4OS. The van der Waals surface area contributed by atoms with Crippen LogP contribution < -0.4 is 15.4 Å². The lowest BCUT2D eigenvalue weighted by Crippen LogP contribution is -2.38. The van der Waals surface area contributed by atoms with E-state index in [1.807, 2.05) is 6.07 Å². The number of ether oxygens (including phenoxy) is 1. The third-order valence-electron chi connectivity index (χ3n) is 3.84. The summed E-state index contributed by atoms with van der Waals surface area (Å²) in [5, 5.41) is 7.82. The lowest BCUT2D eigenvalue weighted by Gasteiger charge is -2.12. The van der Waals surface area contributed by atoms with Crippen molar-refractivity contribution in [2.75, 3.05) is 20.2 Å². The second kappa shape index (κ2) is 9.42. The quantitative estimate of drug-likeness (QED) is 0.587. The van der Waals surface area contributed by atoms with Crippen LogP contribution in [0, 0.1) is 20.8 Å². The minimum absolute atomic E-state index is 0.581. The van der Waals surface area contributed by atoms with Gasteiger partial charge in [0.2, 0.25) is 0 Å². The summed E-state index contributed by atoms with van der Waals surface area (Å²) in [7, 11) is 1.70. The number of hydrogen-bond donors (Lipinski definition) is 2. The van der Waals surface area contributed by atoms with E-state index in [0.29, 0.717) is 6.54 Å². The van der Waals surface area contributed by atoms with E-state index in [1.165, 1.54) is 10.4 Å². The van der Waals surface area contributed by atoms with Crippen molar-refractivity contribution in [3.63, 3.8) is 0 Å². The molecule has 0 saturated heterocycles. The first-order chi connectivity index (χ1) is 12.0. The maximum absolute atomic E-state index is 5.46. The van der Waals surface area contributed by atoms with Crippen molar-refractivity contribution in [2.24, 2.45) is 4.99 Å². The van der Waals surface area contributed by atoms with Crippen LogP contribution in [0.15, 0.2) is 23.2 Å². The summed E-state index contributed by atoms with van der Waals surface area (Å²) in [6.45, 7) is 10.5. The molecule has 25 heavy (non-hydrogen) atoms. The first-order valence-corrected chi connectivity index (χ1v) is 9.43. The Labute approximate surface area is 154 Å². The molecule has 0 radical (unpaired) electrons. The number of aryl methyl sites for hydroxylation is 3. The number of nitrogens with one attached hydrogen (secondary N) is 2. The molecule has 0 aliphatic rings. The average molecular weight is 361 g/mol. The molecule has 1 aromatic heterocycles. The van der Waals surface area contributed by atoms with Crippen molar-refractivity contribution in [2.45, 2.75) is 40.7 Å². The van der Waals surface area contributed by atoms with Gasteiger partial charge in [-0.05, 0) is 39.3 Å². The summed E-state index contributed by atoms with van der Waals surface area (Å²) in [5.74, 6) is 1.71. The van der Waals surface area contributed by atoms with Gasteiger partial charge >= 0.3 is 0 Å². The molecule has 0 spiro atoms. The van der Waals surface area contributed by atoms with Crippen LogP contribution in [0.1, 0.15) is 33.6 Å². The largest absolute Gasteiger partial charge is 0.496 e. The zero-order valence-corrected chi connectivity index (χ0v) is 16.6. The lowest BCUT2D eigenvalue weighted by atomic mass is 10.1. The Bertz CT molecular complexity index is 724. The van der Waals surface area contributed by atoms with Crippen LogP contribution >= 0.6 is 11.3 Å². The van der Waals surface area contributed by atoms with Crippen molar-refractivity contribution in [1.82, 2.24) is 15.6 Å². The van der Waals surface area contributed by atoms with Crippen LogP contribution in [0.5, 0.6) is 5.75 Å². The Hall–Kier alpha value is -2.08. The lowest BCUT2D eigenvalue weighted by molar-refractivity contribution is 0.409. The number of aliphatic imine (C=N–C) groups is 1. The summed E-state index contributed by atoms with van der Waals surface area (Å²) in [6.07, 6.45) is 0.954. The molecule has 1 heterocycles. The van der Waals surface area contributed by atoms with Crippen molar-refractivity contribution in [3.8, 4) is 5.75 Å². The normalized spacial score (nSPS) is 11.5. The number of benzene rings is 1. The number of thiazole rings is 1. The molecule has 0 atom stereocenters. The molecule has 0 aliphatic carbocycles. The van der Waals surface area contributed by atoms with E-state index < -0.39 is 0 Å². The smallest absolute Gasteiger partial charge is 0.191 e. The minimum Gasteiger partial charge on any atom is -0.496 e. The average Bonchev–Trinajstić information content (AvgIpc) is 2.90. The van der Waals surface area contributed by atoms with Crippen LogP contribution in [0.2, 0.25) is 0 Å². The van der Waals surface area contributed by atoms with Crippen molar-refractivity contribution >= 4 is 17.3 Å². The molecule has 1 aromatic carbocycles. The second-order valence-corrected chi connectivity index (χ2v) is 7.22. The van der Waals surface area contributed by atoms with Crippen LogP contribution in [0.25, 0.3) is 0 Å². The van der Waals surface area contributed by atoms with Crippen LogP contribution in [0.3, 0.4) is 0 Å². The zero-order chi connectivity index (χ0) is 18.2. The van der Waals surface area contributed by atoms with E-state index in [9.17, 15) is 0 Å². The maximum atomic E-state index is 5.46. The van der Waals surface area contributed by atoms with Crippen molar-refractivity contribution < 1.29 is 4.74 Å². The summed E-state index contributed by atoms with van der Waals surface area (Å²) < 4.78 is 5.46. The van der Waals surface area contributed by atoms with E-state index in [4.69, 9.17) is 4.74 Å². The molecule has 136 valence electrons. The maximum Gasteiger partial charge on any atom is 0.191 e. The first-order valence-electron chi connectivity index (χ1n) is 8.62. The summed E-state index contributed by atoms with van der Waals surface area (Å²) in [5.41, 5.74) is 3.40. The van der Waals surface area contributed by atoms with Crippen LogP contribution in [-0.2, 0) is 13.0 Å². The Balaban J connectivity index is 1.97. The molecule has 0 aliphatic heterocycles. The van der Waals surface area contributed by atoms with E-state index in [-0.39, 0.29) is 0 Å². The van der Waals surface area contributed by atoms with Crippen LogP contribution in [-0.4, -0.2) is 31.1 Å². The SMILES string of the molecule is CCNC(=NCc1ccc(C)cc1OC)NCCc1sc(C)nc1C. The number of nitrogens with zero attached hydrogens (tertiary/aromatic N) is 2. The number of rotatable bonds is 7. The van der Waals surface area contributed by atoms with Gasteiger partial charge in [0, 0.05) is 30.0 Å². The Morgan fingerprint density at radius 3 is 2.68 bits per heavy atom. The standard InChI is InChI=1S/C19H28N4OS/c1-6-20-19(21-10-9-18-14(3)23-15(4)25-18)22-12-16-8-7-13(2)11-17(16)24-5/h7-8,11H,6,9-10,12H2,1-5H3,(H2,20,21,22). The highest BCUT2D eigenvalue weighted by Crippen LogP contribution is 2.20. The van der Waals surface area contributed by atoms with E-state index >= 15 is 0 Å². The van der Waals surface area contributed by atoms with Crippen molar-refractivity contribution in [3.05, 3.63) is 44.9 Å². The predicted molar refractivity (Wildman–Crippen MR) is 106 cm³/mol. The number of aromatic nitrogens is 1. The Morgan fingerprint density at radius 2 is 2.04 bits per heavy atom. The van der Waals surface area contributed by atoms with E-state index in [2.05, 4.69) is 60.4 Å². The Kier molecular flexibility index (Phi) is 7.25. The van der Waals surface area contributed by atoms with Gasteiger partial charge in [-0.1, -0.05) is 12.1 Å². The van der Waals surface area contributed by atoms with Gasteiger partial charge < -0.3 is 15.4 Å². The highest BCUT2D eigenvalue weighted by molar-refractivity contribution is 7.11.